The number of aldehydes is 1. The lowest BCUT2D eigenvalue weighted by atomic mass is 10.1. The first-order chi connectivity index (χ1) is 9.40. The van der Waals surface area contributed by atoms with Gasteiger partial charge in [0.1, 0.15) is 17.2 Å². The van der Waals surface area contributed by atoms with Crippen molar-refractivity contribution in [3.8, 4) is 17.0 Å². The molecule has 0 saturated carbocycles. The second kappa shape index (κ2) is 5.46. The number of aromatic nitrogens is 2. The number of carbonyl (C=O) groups is 1. The zero-order chi connectivity index (χ0) is 14.8. The Balaban J connectivity index is 2.46. The molecule has 0 spiro atoms. The summed E-state index contributed by atoms with van der Waals surface area (Å²) in [5, 5.41) is -0.0767. The minimum absolute atomic E-state index is 0.00155. The van der Waals surface area contributed by atoms with E-state index >= 15 is 0 Å². The number of rotatable bonds is 3. The SMILES string of the molecule is O=Cc1c(Cl)ncnc1-c1cccc(OC(F)(F)F)c1. The number of halogens is 4. The summed E-state index contributed by atoms with van der Waals surface area (Å²) in [6, 6.07) is 5.08. The molecule has 2 rings (SSSR count). The van der Waals surface area contributed by atoms with E-state index in [1.807, 2.05) is 0 Å². The van der Waals surface area contributed by atoms with Gasteiger partial charge >= 0.3 is 6.36 Å². The van der Waals surface area contributed by atoms with E-state index in [1.165, 1.54) is 12.1 Å². The molecule has 4 nitrogen and oxygen atoms in total. The van der Waals surface area contributed by atoms with E-state index in [4.69, 9.17) is 11.6 Å². The standard InChI is InChI=1S/C12H6ClF3N2O2/c13-11-9(5-19)10(17-6-18-11)7-2-1-3-8(4-7)20-12(14,15)16/h1-6H. The highest BCUT2D eigenvalue weighted by Crippen LogP contribution is 2.29. The molecule has 0 atom stereocenters. The Bertz CT molecular complexity index is 647. The maximum Gasteiger partial charge on any atom is 0.573 e. The van der Waals surface area contributed by atoms with Crippen LogP contribution in [0.2, 0.25) is 5.15 Å². The fourth-order valence-corrected chi connectivity index (χ4v) is 1.73. The number of nitrogens with zero attached hydrogens (tertiary/aromatic N) is 2. The van der Waals surface area contributed by atoms with Gasteiger partial charge in [0.05, 0.1) is 11.3 Å². The van der Waals surface area contributed by atoms with Gasteiger partial charge in [-0.1, -0.05) is 23.7 Å². The first kappa shape index (κ1) is 14.3. The fourth-order valence-electron chi connectivity index (χ4n) is 1.55. The molecule has 0 aliphatic rings. The average molecular weight is 303 g/mol. The second-order valence-electron chi connectivity index (χ2n) is 3.62. The molecule has 0 aliphatic heterocycles. The second-order valence-corrected chi connectivity index (χ2v) is 3.98. The third-order valence-corrected chi connectivity index (χ3v) is 2.60. The van der Waals surface area contributed by atoms with Crippen LogP contribution in [0, 0.1) is 0 Å². The third kappa shape index (κ3) is 3.24. The van der Waals surface area contributed by atoms with Crippen LogP contribution in [0.1, 0.15) is 10.4 Å². The first-order valence-electron chi connectivity index (χ1n) is 5.22. The predicted octanol–water partition coefficient (Wildman–Crippen LogP) is 3.51. The van der Waals surface area contributed by atoms with Gasteiger partial charge in [0.25, 0.3) is 0 Å². The van der Waals surface area contributed by atoms with Gasteiger partial charge in [-0.25, -0.2) is 9.97 Å². The van der Waals surface area contributed by atoms with Crippen LogP contribution in [0.4, 0.5) is 13.2 Å². The lowest BCUT2D eigenvalue weighted by Crippen LogP contribution is -2.17. The highest BCUT2D eigenvalue weighted by Gasteiger charge is 2.31. The lowest BCUT2D eigenvalue weighted by Gasteiger charge is -2.10. The Hall–Kier alpha value is -2.15. The van der Waals surface area contributed by atoms with E-state index in [2.05, 4.69) is 14.7 Å². The van der Waals surface area contributed by atoms with Crippen LogP contribution < -0.4 is 4.74 Å². The molecule has 20 heavy (non-hydrogen) atoms. The maximum absolute atomic E-state index is 12.2. The van der Waals surface area contributed by atoms with Crippen LogP contribution in [0.3, 0.4) is 0 Å². The summed E-state index contributed by atoms with van der Waals surface area (Å²) < 4.78 is 40.3. The molecule has 0 unspecified atom stereocenters. The van der Waals surface area contributed by atoms with Crippen molar-refractivity contribution in [3.05, 3.63) is 41.3 Å². The van der Waals surface area contributed by atoms with Crippen LogP contribution in [0.15, 0.2) is 30.6 Å². The summed E-state index contributed by atoms with van der Waals surface area (Å²) in [4.78, 5) is 18.4. The Labute approximate surface area is 116 Å². The van der Waals surface area contributed by atoms with Crippen molar-refractivity contribution in [3.63, 3.8) is 0 Å². The molecular weight excluding hydrogens is 297 g/mol. The molecule has 2 aromatic rings. The smallest absolute Gasteiger partial charge is 0.406 e. The van der Waals surface area contributed by atoms with E-state index in [0.717, 1.165) is 18.5 Å². The lowest BCUT2D eigenvalue weighted by molar-refractivity contribution is -0.274. The molecule has 0 saturated heterocycles. The van der Waals surface area contributed by atoms with Crippen molar-refractivity contribution in [2.75, 3.05) is 0 Å². The summed E-state index contributed by atoms with van der Waals surface area (Å²) in [5.41, 5.74) is 0.393. The predicted molar refractivity (Wildman–Crippen MR) is 64.5 cm³/mol. The molecule has 1 aromatic carbocycles. The zero-order valence-corrected chi connectivity index (χ0v) is 10.4. The van der Waals surface area contributed by atoms with Gasteiger partial charge in [-0.05, 0) is 12.1 Å². The van der Waals surface area contributed by atoms with Crippen molar-refractivity contribution in [2.45, 2.75) is 6.36 Å². The van der Waals surface area contributed by atoms with Crippen LogP contribution in [0.25, 0.3) is 11.3 Å². The monoisotopic (exact) mass is 302 g/mol. The number of hydrogen-bond acceptors (Lipinski definition) is 4. The molecule has 0 amide bonds. The first-order valence-corrected chi connectivity index (χ1v) is 5.60. The molecule has 0 radical (unpaired) electrons. The minimum atomic E-state index is -4.80. The van der Waals surface area contributed by atoms with Gasteiger partial charge in [-0.15, -0.1) is 13.2 Å². The van der Waals surface area contributed by atoms with Crippen molar-refractivity contribution < 1.29 is 22.7 Å². The number of benzene rings is 1. The van der Waals surface area contributed by atoms with Crippen LogP contribution in [-0.2, 0) is 0 Å². The Kier molecular flexibility index (Phi) is 3.89. The van der Waals surface area contributed by atoms with Gasteiger partial charge in [0.2, 0.25) is 0 Å². The van der Waals surface area contributed by atoms with E-state index in [-0.39, 0.29) is 22.0 Å². The quantitative estimate of drug-likeness (QED) is 0.643. The van der Waals surface area contributed by atoms with Gasteiger partial charge < -0.3 is 4.74 Å². The molecule has 1 heterocycles. The number of hydrogen-bond donors (Lipinski definition) is 0. The molecule has 0 aliphatic carbocycles. The van der Waals surface area contributed by atoms with Crippen molar-refractivity contribution in [1.29, 1.82) is 0 Å². The average Bonchev–Trinajstić information content (AvgIpc) is 2.36. The number of alkyl halides is 3. The summed E-state index contributed by atoms with van der Waals surface area (Å²) in [5.74, 6) is -0.415. The van der Waals surface area contributed by atoms with E-state index in [9.17, 15) is 18.0 Å². The van der Waals surface area contributed by atoms with Crippen molar-refractivity contribution >= 4 is 17.9 Å². The van der Waals surface area contributed by atoms with Crippen molar-refractivity contribution in [2.24, 2.45) is 0 Å². The molecule has 0 fully saturated rings. The molecule has 0 bridgehead atoms. The van der Waals surface area contributed by atoms with Crippen LogP contribution in [0.5, 0.6) is 5.75 Å². The van der Waals surface area contributed by atoms with Gasteiger partial charge in [-0.3, -0.25) is 4.79 Å². The van der Waals surface area contributed by atoms with Crippen LogP contribution in [-0.4, -0.2) is 22.6 Å². The van der Waals surface area contributed by atoms with Crippen LogP contribution >= 0.6 is 11.6 Å². The van der Waals surface area contributed by atoms with E-state index < -0.39 is 12.1 Å². The molecule has 104 valence electrons. The van der Waals surface area contributed by atoms with E-state index in [0.29, 0.717) is 6.29 Å². The minimum Gasteiger partial charge on any atom is -0.406 e. The highest BCUT2D eigenvalue weighted by atomic mass is 35.5. The summed E-state index contributed by atoms with van der Waals surface area (Å²) in [7, 11) is 0. The fraction of sp³-hybridized carbons (Fsp3) is 0.0833. The molecule has 0 N–H and O–H groups in total. The summed E-state index contributed by atoms with van der Waals surface area (Å²) in [6.07, 6.45) is -3.24. The van der Waals surface area contributed by atoms with Gasteiger partial charge in [-0.2, -0.15) is 0 Å². The molecule has 1 aromatic heterocycles. The Morgan fingerprint density at radius 1 is 1.25 bits per heavy atom. The van der Waals surface area contributed by atoms with Crippen molar-refractivity contribution in [1.82, 2.24) is 9.97 Å². The summed E-state index contributed by atoms with van der Waals surface area (Å²) >= 11 is 5.73. The number of ether oxygens (including phenoxy) is 1. The highest BCUT2D eigenvalue weighted by molar-refractivity contribution is 6.32. The van der Waals surface area contributed by atoms with Gasteiger partial charge in [0.15, 0.2) is 6.29 Å². The van der Waals surface area contributed by atoms with Gasteiger partial charge in [0, 0.05) is 5.56 Å². The number of carbonyl (C=O) groups excluding carboxylic acids is 1. The maximum atomic E-state index is 12.2. The normalized spacial score (nSPS) is 11.2. The largest absolute Gasteiger partial charge is 0.573 e. The Morgan fingerprint density at radius 2 is 2.00 bits per heavy atom. The van der Waals surface area contributed by atoms with E-state index in [1.54, 1.807) is 0 Å². The Morgan fingerprint density at radius 3 is 2.65 bits per heavy atom. The molecule has 8 heteroatoms. The topological polar surface area (TPSA) is 52.1 Å². The summed E-state index contributed by atoms with van der Waals surface area (Å²) in [6.45, 7) is 0. The molecular formula is C12H6ClF3N2O2. The third-order valence-electron chi connectivity index (χ3n) is 2.29. The zero-order valence-electron chi connectivity index (χ0n) is 9.69.